The average Bonchev–Trinajstić information content (AvgIpc) is 2.45. The topological polar surface area (TPSA) is 23.8 Å². The first kappa shape index (κ1) is 11.5. The van der Waals surface area contributed by atoms with Gasteiger partial charge in [0, 0.05) is 11.1 Å². The van der Waals surface area contributed by atoms with E-state index in [0.717, 1.165) is 5.56 Å². The molecule has 0 aliphatic heterocycles. The Kier molecular flexibility index (Phi) is 3.81. The summed E-state index contributed by atoms with van der Waals surface area (Å²) >= 11 is 0. The van der Waals surface area contributed by atoms with Crippen molar-refractivity contribution in [2.45, 2.75) is 0 Å². The lowest BCUT2D eigenvalue weighted by atomic mass is 10.1. The SMILES string of the molecule is N#Cc1ccccc1C#CC#Cc1ccccc1. The van der Waals surface area contributed by atoms with Crippen LogP contribution in [0.1, 0.15) is 16.7 Å². The molecule has 0 aromatic heterocycles. The number of hydrogen-bond donors (Lipinski definition) is 0. The van der Waals surface area contributed by atoms with Crippen LogP contribution >= 0.6 is 0 Å². The first-order valence-corrected chi connectivity index (χ1v) is 5.46. The molecule has 0 saturated carbocycles. The van der Waals surface area contributed by atoms with E-state index in [0.29, 0.717) is 11.1 Å². The zero-order valence-corrected chi connectivity index (χ0v) is 9.64. The van der Waals surface area contributed by atoms with Crippen LogP contribution < -0.4 is 0 Å². The van der Waals surface area contributed by atoms with Gasteiger partial charge in [-0.15, -0.1) is 0 Å². The van der Waals surface area contributed by atoms with E-state index in [4.69, 9.17) is 5.26 Å². The van der Waals surface area contributed by atoms with Crippen molar-refractivity contribution in [3.63, 3.8) is 0 Å². The van der Waals surface area contributed by atoms with Gasteiger partial charge in [0.1, 0.15) is 6.07 Å². The highest BCUT2D eigenvalue weighted by Gasteiger charge is 1.94. The van der Waals surface area contributed by atoms with Crippen molar-refractivity contribution in [1.82, 2.24) is 0 Å². The van der Waals surface area contributed by atoms with Crippen molar-refractivity contribution in [1.29, 1.82) is 5.26 Å². The van der Waals surface area contributed by atoms with Gasteiger partial charge in [-0.05, 0) is 36.1 Å². The molecule has 0 aliphatic rings. The molecule has 0 atom stereocenters. The third-order valence-corrected chi connectivity index (χ3v) is 2.29. The van der Waals surface area contributed by atoms with Crippen LogP contribution in [0.5, 0.6) is 0 Å². The summed E-state index contributed by atoms with van der Waals surface area (Å²) in [6.45, 7) is 0. The van der Waals surface area contributed by atoms with E-state index < -0.39 is 0 Å². The van der Waals surface area contributed by atoms with Crippen LogP contribution in [-0.2, 0) is 0 Å². The first-order valence-electron chi connectivity index (χ1n) is 5.46. The van der Waals surface area contributed by atoms with Gasteiger partial charge in [0.05, 0.1) is 5.56 Å². The van der Waals surface area contributed by atoms with Crippen molar-refractivity contribution in [3.05, 3.63) is 71.3 Å². The Hall–Kier alpha value is -2.95. The molecule has 0 aliphatic carbocycles. The predicted octanol–water partition coefficient (Wildman–Crippen LogP) is 2.96. The van der Waals surface area contributed by atoms with Crippen LogP contribution in [0, 0.1) is 35.0 Å². The zero-order valence-electron chi connectivity index (χ0n) is 9.64. The third kappa shape index (κ3) is 3.02. The average molecular weight is 227 g/mol. The van der Waals surface area contributed by atoms with E-state index in [2.05, 4.69) is 29.8 Å². The van der Waals surface area contributed by atoms with Crippen molar-refractivity contribution in [2.75, 3.05) is 0 Å². The van der Waals surface area contributed by atoms with Crippen molar-refractivity contribution in [2.24, 2.45) is 0 Å². The smallest absolute Gasteiger partial charge is 0.100 e. The Morgan fingerprint density at radius 2 is 1.28 bits per heavy atom. The maximum Gasteiger partial charge on any atom is 0.100 e. The second kappa shape index (κ2) is 5.95. The molecule has 2 aromatic carbocycles. The van der Waals surface area contributed by atoms with Crippen LogP contribution in [0.3, 0.4) is 0 Å². The summed E-state index contributed by atoms with van der Waals surface area (Å²) in [5.41, 5.74) is 2.22. The van der Waals surface area contributed by atoms with Gasteiger partial charge in [-0.25, -0.2) is 0 Å². The molecule has 0 unspecified atom stereocenters. The summed E-state index contributed by atoms with van der Waals surface area (Å²) < 4.78 is 0. The Morgan fingerprint density at radius 1 is 0.667 bits per heavy atom. The van der Waals surface area contributed by atoms with Gasteiger partial charge < -0.3 is 0 Å². The summed E-state index contributed by atoms with van der Waals surface area (Å²) in [7, 11) is 0. The van der Waals surface area contributed by atoms with E-state index in [1.165, 1.54) is 0 Å². The maximum absolute atomic E-state index is 8.90. The highest BCUT2D eigenvalue weighted by Crippen LogP contribution is 2.04. The van der Waals surface area contributed by atoms with Crippen molar-refractivity contribution < 1.29 is 0 Å². The summed E-state index contributed by atoms with van der Waals surface area (Å²) in [4.78, 5) is 0. The van der Waals surface area contributed by atoms with Crippen LogP contribution in [0.25, 0.3) is 0 Å². The fourth-order valence-electron chi connectivity index (χ4n) is 1.41. The first-order chi connectivity index (χ1) is 8.90. The maximum atomic E-state index is 8.90. The normalized spacial score (nSPS) is 8.17. The van der Waals surface area contributed by atoms with E-state index in [1.807, 2.05) is 48.5 Å². The standard InChI is InChI=1S/C17H9N/c18-14-17-13-7-6-12-16(17)11-5-4-10-15-8-2-1-3-9-15/h1-3,6-9,12-13H. The number of nitriles is 1. The third-order valence-electron chi connectivity index (χ3n) is 2.29. The molecular weight excluding hydrogens is 218 g/mol. The summed E-state index contributed by atoms with van der Waals surface area (Å²) in [5, 5.41) is 8.90. The minimum Gasteiger partial charge on any atom is -0.192 e. The van der Waals surface area contributed by atoms with Gasteiger partial charge in [0.15, 0.2) is 0 Å². The minimum atomic E-state index is 0.575. The molecular formula is C17H9N. The number of rotatable bonds is 0. The van der Waals surface area contributed by atoms with E-state index in [1.54, 1.807) is 6.07 Å². The number of benzene rings is 2. The fraction of sp³-hybridized carbons (Fsp3) is 0. The quantitative estimate of drug-likeness (QED) is 0.635. The van der Waals surface area contributed by atoms with Crippen LogP contribution in [0.4, 0.5) is 0 Å². The molecule has 0 N–H and O–H groups in total. The van der Waals surface area contributed by atoms with Crippen LogP contribution in [0.2, 0.25) is 0 Å². The molecule has 2 rings (SSSR count). The van der Waals surface area contributed by atoms with Gasteiger partial charge in [-0.2, -0.15) is 5.26 Å². The molecule has 0 saturated heterocycles. The van der Waals surface area contributed by atoms with E-state index >= 15 is 0 Å². The number of nitrogens with zero attached hydrogens (tertiary/aromatic N) is 1. The second-order valence-electron chi connectivity index (χ2n) is 3.52. The fourth-order valence-corrected chi connectivity index (χ4v) is 1.41. The van der Waals surface area contributed by atoms with Gasteiger partial charge >= 0.3 is 0 Å². The second-order valence-corrected chi connectivity index (χ2v) is 3.52. The van der Waals surface area contributed by atoms with E-state index in [-0.39, 0.29) is 0 Å². The minimum absolute atomic E-state index is 0.575. The summed E-state index contributed by atoms with van der Waals surface area (Å²) in [5.74, 6) is 11.4. The highest BCUT2D eigenvalue weighted by molar-refractivity contribution is 5.50. The Bertz CT molecular complexity index is 698. The number of hydrogen-bond acceptors (Lipinski definition) is 1. The summed E-state index contributed by atoms with van der Waals surface area (Å²) in [6, 6.07) is 19.0. The lowest BCUT2D eigenvalue weighted by molar-refractivity contribution is 1.47. The Morgan fingerprint density at radius 3 is 2.00 bits per heavy atom. The lowest BCUT2D eigenvalue weighted by Gasteiger charge is -1.90. The monoisotopic (exact) mass is 227 g/mol. The van der Waals surface area contributed by atoms with Crippen LogP contribution in [-0.4, -0.2) is 0 Å². The van der Waals surface area contributed by atoms with Gasteiger partial charge in [0.25, 0.3) is 0 Å². The Balaban J connectivity index is 2.20. The van der Waals surface area contributed by atoms with E-state index in [9.17, 15) is 0 Å². The molecule has 82 valence electrons. The largest absolute Gasteiger partial charge is 0.192 e. The van der Waals surface area contributed by atoms with Crippen molar-refractivity contribution in [3.8, 4) is 29.8 Å². The molecule has 0 bridgehead atoms. The molecule has 0 fully saturated rings. The highest BCUT2D eigenvalue weighted by atomic mass is 14.2. The van der Waals surface area contributed by atoms with Crippen LogP contribution in [0.15, 0.2) is 54.6 Å². The summed E-state index contributed by atoms with van der Waals surface area (Å²) in [6.07, 6.45) is 0. The molecule has 1 heteroatoms. The molecule has 0 radical (unpaired) electrons. The van der Waals surface area contributed by atoms with Gasteiger partial charge in [-0.3, -0.25) is 0 Å². The molecule has 18 heavy (non-hydrogen) atoms. The van der Waals surface area contributed by atoms with Crippen molar-refractivity contribution >= 4 is 0 Å². The molecule has 0 spiro atoms. The lowest BCUT2D eigenvalue weighted by Crippen LogP contribution is -1.80. The van der Waals surface area contributed by atoms with Gasteiger partial charge in [-0.1, -0.05) is 42.2 Å². The Labute approximate surface area is 107 Å². The zero-order chi connectivity index (χ0) is 12.6. The molecule has 0 heterocycles. The van der Waals surface area contributed by atoms with Gasteiger partial charge in [0.2, 0.25) is 0 Å². The molecule has 2 aromatic rings. The molecule has 0 amide bonds. The molecule has 1 nitrogen and oxygen atoms in total. The predicted molar refractivity (Wildman–Crippen MR) is 71.4 cm³/mol.